The van der Waals surface area contributed by atoms with Crippen molar-refractivity contribution in [2.24, 2.45) is 0 Å². The van der Waals surface area contributed by atoms with Gasteiger partial charge in [0.2, 0.25) is 0 Å². The number of benzene rings is 2. The van der Waals surface area contributed by atoms with Crippen LogP contribution in [-0.4, -0.2) is 7.11 Å². The van der Waals surface area contributed by atoms with Gasteiger partial charge in [-0.1, -0.05) is 29.8 Å². The van der Waals surface area contributed by atoms with Crippen molar-refractivity contribution in [3.05, 3.63) is 59.2 Å². The molecule has 0 bridgehead atoms. The molecular formula is C16H19NO. The summed E-state index contributed by atoms with van der Waals surface area (Å²) in [5.41, 5.74) is 4.94. The van der Waals surface area contributed by atoms with Crippen molar-refractivity contribution in [3.63, 3.8) is 0 Å². The second kappa shape index (κ2) is 5.58. The Labute approximate surface area is 109 Å². The normalized spacial score (nSPS) is 10.2. The molecule has 0 aliphatic carbocycles. The SMILES string of the molecule is COc1ccc(NCc2cccc(C)c2)c(C)c1. The van der Waals surface area contributed by atoms with E-state index >= 15 is 0 Å². The lowest BCUT2D eigenvalue weighted by Crippen LogP contribution is -2.01. The first-order valence-electron chi connectivity index (χ1n) is 6.13. The largest absolute Gasteiger partial charge is 0.497 e. The average molecular weight is 241 g/mol. The zero-order chi connectivity index (χ0) is 13.0. The fourth-order valence-electron chi connectivity index (χ4n) is 1.98. The van der Waals surface area contributed by atoms with Gasteiger partial charge in [0.15, 0.2) is 0 Å². The molecule has 0 fully saturated rings. The molecule has 2 heteroatoms. The van der Waals surface area contributed by atoms with E-state index in [1.165, 1.54) is 16.7 Å². The number of nitrogens with one attached hydrogen (secondary N) is 1. The Balaban J connectivity index is 2.06. The molecule has 0 saturated heterocycles. The highest BCUT2D eigenvalue weighted by Crippen LogP contribution is 2.21. The molecule has 2 nitrogen and oxygen atoms in total. The lowest BCUT2D eigenvalue weighted by atomic mass is 10.1. The van der Waals surface area contributed by atoms with Crippen LogP contribution in [0.4, 0.5) is 5.69 Å². The Kier molecular flexibility index (Phi) is 3.88. The molecule has 2 aromatic carbocycles. The van der Waals surface area contributed by atoms with Gasteiger partial charge in [0.25, 0.3) is 0 Å². The van der Waals surface area contributed by atoms with Gasteiger partial charge in [-0.25, -0.2) is 0 Å². The molecule has 0 amide bonds. The fourth-order valence-corrected chi connectivity index (χ4v) is 1.98. The summed E-state index contributed by atoms with van der Waals surface area (Å²) in [5, 5.41) is 3.45. The first kappa shape index (κ1) is 12.5. The number of ether oxygens (including phenoxy) is 1. The van der Waals surface area contributed by atoms with Crippen LogP contribution in [0.2, 0.25) is 0 Å². The summed E-state index contributed by atoms with van der Waals surface area (Å²) < 4.78 is 5.20. The molecule has 0 heterocycles. The zero-order valence-electron chi connectivity index (χ0n) is 11.2. The van der Waals surface area contributed by atoms with E-state index in [-0.39, 0.29) is 0 Å². The fraction of sp³-hybridized carbons (Fsp3) is 0.250. The van der Waals surface area contributed by atoms with Crippen molar-refractivity contribution in [1.29, 1.82) is 0 Å². The van der Waals surface area contributed by atoms with Gasteiger partial charge in [0, 0.05) is 12.2 Å². The summed E-state index contributed by atoms with van der Waals surface area (Å²) in [6, 6.07) is 14.6. The molecule has 0 radical (unpaired) electrons. The molecule has 0 aliphatic heterocycles. The van der Waals surface area contributed by atoms with Crippen LogP contribution in [0, 0.1) is 13.8 Å². The van der Waals surface area contributed by atoms with E-state index in [4.69, 9.17) is 4.74 Å². The molecule has 0 atom stereocenters. The number of hydrogen-bond donors (Lipinski definition) is 1. The van der Waals surface area contributed by atoms with Crippen LogP contribution >= 0.6 is 0 Å². The van der Waals surface area contributed by atoms with E-state index in [1.807, 2.05) is 12.1 Å². The highest BCUT2D eigenvalue weighted by molar-refractivity contribution is 5.53. The van der Waals surface area contributed by atoms with E-state index in [0.29, 0.717) is 0 Å². The number of anilines is 1. The third-order valence-corrected chi connectivity index (χ3v) is 3.00. The van der Waals surface area contributed by atoms with Gasteiger partial charge >= 0.3 is 0 Å². The van der Waals surface area contributed by atoms with E-state index in [9.17, 15) is 0 Å². The molecule has 18 heavy (non-hydrogen) atoms. The first-order chi connectivity index (χ1) is 8.69. The summed E-state index contributed by atoms with van der Waals surface area (Å²) in [6.45, 7) is 5.04. The van der Waals surface area contributed by atoms with Crippen molar-refractivity contribution in [1.82, 2.24) is 0 Å². The maximum Gasteiger partial charge on any atom is 0.119 e. The van der Waals surface area contributed by atoms with Crippen LogP contribution in [0.3, 0.4) is 0 Å². The minimum Gasteiger partial charge on any atom is -0.497 e. The second-order valence-electron chi connectivity index (χ2n) is 4.52. The predicted octanol–water partition coefficient (Wildman–Crippen LogP) is 3.92. The minimum atomic E-state index is 0.842. The van der Waals surface area contributed by atoms with Gasteiger partial charge in [-0.3, -0.25) is 0 Å². The lowest BCUT2D eigenvalue weighted by Gasteiger charge is -2.11. The van der Waals surface area contributed by atoms with Crippen molar-refractivity contribution in [2.45, 2.75) is 20.4 Å². The smallest absolute Gasteiger partial charge is 0.119 e. The summed E-state index contributed by atoms with van der Waals surface area (Å²) in [6.07, 6.45) is 0. The summed E-state index contributed by atoms with van der Waals surface area (Å²) in [7, 11) is 1.69. The van der Waals surface area contributed by atoms with E-state index in [1.54, 1.807) is 7.11 Å². The number of rotatable bonds is 4. The van der Waals surface area contributed by atoms with E-state index in [2.05, 4.69) is 49.5 Å². The maximum atomic E-state index is 5.20. The Morgan fingerprint density at radius 3 is 2.56 bits per heavy atom. The van der Waals surface area contributed by atoms with Gasteiger partial charge in [0.1, 0.15) is 5.75 Å². The van der Waals surface area contributed by atoms with E-state index in [0.717, 1.165) is 18.0 Å². The Morgan fingerprint density at radius 2 is 1.89 bits per heavy atom. The van der Waals surface area contributed by atoms with Crippen molar-refractivity contribution >= 4 is 5.69 Å². The summed E-state index contributed by atoms with van der Waals surface area (Å²) in [4.78, 5) is 0. The van der Waals surface area contributed by atoms with Crippen molar-refractivity contribution < 1.29 is 4.74 Å². The number of hydrogen-bond acceptors (Lipinski definition) is 2. The van der Waals surface area contributed by atoms with Gasteiger partial charge < -0.3 is 10.1 Å². The second-order valence-corrected chi connectivity index (χ2v) is 4.52. The quantitative estimate of drug-likeness (QED) is 0.875. The first-order valence-corrected chi connectivity index (χ1v) is 6.13. The molecule has 1 N–H and O–H groups in total. The van der Waals surface area contributed by atoms with Crippen LogP contribution in [0.1, 0.15) is 16.7 Å². The van der Waals surface area contributed by atoms with Crippen molar-refractivity contribution in [3.8, 4) is 5.75 Å². The van der Waals surface area contributed by atoms with Gasteiger partial charge in [0.05, 0.1) is 7.11 Å². The molecule has 0 saturated carbocycles. The molecule has 0 spiro atoms. The Hall–Kier alpha value is -1.96. The molecule has 0 unspecified atom stereocenters. The van der Waals surface area contributed by atoms with Gasteiger partial charge in [-0.05, 0) is 43.2 Å². The highest BCUT2D eigenvalue weighted by atomic mass is 16.5. The summed E-state index contributed by atoms with van der Waals surface area (Å²) >= 11 is 0. The van der Waals surface area contributed by atoms with Crippen LogP contribution in [0.25, 0.3) is 0 Å². The van der Waals surface area contributed by atoms with Crippen LogP contribution in [0.5, 0.6) is 5.75 Å². The molecule has 94 valence electrons. The minimum absolute atomic E-state index is 0.842. The number of methoxy groups -OCH3 is 1. The molecule has 0 aromatic heterocycles. The monoisotopic (exact) mass is 241 g/mol. The lowest BCUT2D eigenvalue weighted by molar-refractivity contribution is 0.414. The third-order valence-electron chi connectivity index (χ3n) is 3.00. The molecular weight excluding hydrogens is 222 g/mol. The number of aryl methyl sites for hydroxylation is 2. The topological polar surface area (TPSA) is 21.3 Å². The van der Waals surface area contributed by atoms with Crippen molar-refractivity contribution in [2.75, 3.05) is 12.4 Å². The van der Waals surface area contributed by atoms with Crippen LogP contribution < -0.4 is 10.1 Å². The third kappa shape index (κ3) is 3.04. The van der Waals surface area contributed by atoms with Gasteiger partial charge in [-0.15, -0.1) is 0 Å². The zero-order valence-corrected chi connectivity index (χ0v) is 11.2. The predicted molar refractivity (Wildman–Crippen MR) is 76.2 cm³/mol. The van der Waals surface area contributed by atoms with E-state index < -0.39 is 0 Å². The Bertz CT molecular complexity index is 534. The molecule has 0 aliphatic rings. The standard InChI is InChI=1S/C16H19NO/c1-12-5-4-6-14(9-12)11-17-16-8-7-15(18-3)10-13(16)2/h4-10,17H,11H2,1-3H3. The highest BCUT2D eigenvalue weighted by Gasteiger charge is 2.00. The average Bonchev–Trinajstić information content (AvgIpc) is 2.37. The summed E-state index contributed by atoms with van der Waals surface area (Å²) in [5.74, 6) is 0.897. The molecule has 2 rings (SSSR count). The van der Waals surface area contributed by atoms with Gasteiger partial charge in [-0.2, -0.15) is 0 Å². The molecule has 2 aromatic rings. The maximum absolute atomic E-state index is 5.20. The van der Waals surface area contributed by atoms with Crippen LogP contribution in [0.15, 0.2) is 42.5 Å². The van der Waals surface area contributed by atoms with Crippen LogP contribution in [-0.2, 0) is 6.54 Å². The Morgan fingerprint density at radius 1 is 1.06 bits per heavy atom.